The Balaban J connectivity index is 1.89. The number of ether oxygens (including phenoxy) is 1. The van der Waals surface area contributed by atoms with Crippen molar-refractivity contribution in [1.82, 2.24) is 10.3 Å². The summed E-state index contributed by atoms with van der Waals surface area (Å²) in [5, 5.41) is 25.2. The van der Waals surface area contributed by atoms with Crippen molar-refractivity contribution in [2.75, 3.05) is 0 Å². The predicted molar refractivity (Wildman–Crippen MR) is 132 cm³/mol. The first-order valence-corrected chi connectivity index (χ1v) is 12.4. The number of esters is 1. The molecule has 8 nitrogen and oxygen atoms in total. The van der Waals surface area contributed by atoms with Crippen LogP contribution >= 0.6 is 0 Å². The van der Waals surface area contributed by atoms with E-state index in [0.717, 1.165) is 17.6 Å². The van der Waals surface area contributed by atoms with Crippen molar-refractivity contribution >= 4 is 17.8 Å². The average Bonchev–Trinajstić information content (AvgIpc) is 3.43. The molecule has 3 N–H and O–H groups in total. The van der Waals surface area contributed by atoms with Gasteiger partial charge in [-0.25, -0.2) is 4.98 Å². The smallest absolute Gasteiger partial charge is 0.309 e. The molecule has 0 aliphatic carbocycles. The lowest BCUT2D eigenvalue weighted by atomic mass is 9.73. The van der Waals surface area contributed by atoms with Gasteiger partial charge in [0.1, 0.15) is 23.8 Å². The van der Waals surface area contributed by atoms with Gasteiger partial charge in [-0.05, 0) is 37.8 Å². The van der Waals surface area contributed by atoms with Crippen LogP contribution in [0.25, 0.3) is 6.08 Å². The highest BCUT2D eigenvalue weighted by Crippen LogP contribution is 2.35. The molecule has 1 fully saturated rings. The highest BCUT2D eigenvalue weighted by Gasteiger charge is 2.47. The number of cyclic esters (lactones) is 1. The fourth-order valence-electron chi connectivity index (χ4n) is 4.93. The number of oxazole rings is 1. The van der Waals surface area contributed by atoms with Gasteiger partial charge in [0, 0.05) is 31.3 Å². The number of aliphatic hydroxyl groups excluding tert-OH is 2. The molecule has 0 saturated carbocycles. The van der Waals surface area contributed by atoms with E-state index in [-0.39, 0.29) is 30.2 Å². The first kappa shape index (κ1) is 27.3. The number of Topliss-reactive ketones (excluding diaryl/α,β-unsaturated/α-hetero) is 1. The highest BCUT2D eigenvalue weighted by atomic mass is 16.5. The largest absolute Gasteiger partial charge is 0.457 e. The molecule has 8 heteroatoms. The van der Waals surface area contributed by atoms with Gasteiger partial charge in [0.25, 0.3) is 0 Å². The molecule has 0 bridgehead atoms. The average molecular weight is 489 g/mol. The molecular formula is C27H40N2O6. The van der Waals surface area contributed by atoms with Gasteiger partial charge in [-0.3, -0.25) is 9.59 Å². The van der Waals surface area contributed by atoms with E-state index in [1.165, 1.54) is 0 Å². The Labute approximate surface area is 207 Å². The van der Waals surface area contributed by atoms with E-state index in [1.54, 1.807) is 34.0 Å². The highest BCUT2D eigenvalue weighted by molar-refractivity contribution is 5.88. The van der Waals surface area contributed by atoms with Crippen LogP contribution in [-0.4, -0.2) is 57.3 Å². The molecular weight excluding hydrogens is 448 g/mol. The van der Waals surface area contributed by atoms with Gasteiger partial charge in [-0.1, -0.05) is 39.3 Å². The summed E-state index contributed by atoms with van der Waals surface area (Å²) in [4.78, 5) is 30.4. The van der Waals surface area contributed by atoms with Crippen molar-refractivity contribution < 1.29 is 29.0 Å². The van der Waals surface area contributed by atoms with Gasteiger partial charge < -0.3 is 24.7 Å². The SMILES string of the molecule is CC1=CC[C@@H](C(C)=Cc2coc(C)n2)OC(=O)C[C@H](O)C(C)(C)C(=O)[C@H](C)[C@@H](O)[C@@H](C)C2NC2C1. The Morgan fingerprint density at radius 2 is 1.89 bits per heavy atom. The molecule has 2 unspecified atom stereocenters. The second-order valence-corrected chi connectivity index (χ2v) is 10.9. The van der Waals surface area contributed by atoms with Crippen LogP contribution in [0.15, 0.2) is 27.9 Å². The minimum Gasteiger partial charge on any atom is -0.457 e. The Hall–Kier alpha value is -2.29. The lowest BCUT2D eigenvalue weighted by molar-refractivity contribution is -0.154. The molecule has 35 heavy (non-hydrogen) atoms. The Kier molecular flexibility index (Phi) is 8.40. The zero-order valence-corrected chi connectivity index (χ0v) is 21.9. The van der Waals surface area contributed by atoms with Crippen LogP contribution in [0.5, 0.6) is 0 Å². The van der Waals surface area contributed by atoms with Crippen LogP contribution in [0.1, 0.15) is 72.4 Å². The number of aryl methyl sites for hydroxylation is 1. The summed E-state index contributed by atoms with van der Waals surface area (Å²) in [7, 11) is 0. The number of ketones is 1. The number of hydrogen-bond donors (Lipinski definition) is 3. The number of aromatic nitrogens is 1. The van der Waals surface area contributed by atoms with E-state index in [4.69, 9.17) is 9.15 Å². The molecule has 2 aliphatic heterocycles. The van der Waals surface area contributed by atoms with Crippen molar-refractivity contribution in [2.24, 2.45) is 17.3 Å². The van der Waals surface area contributed by atoms with Gasteiger partial charge in [-0.15, -0.1) is 0 Å². The van der Waals surface area contributed by atoms with Crippen molar-refractivity contribution in [3.8, 4) is 0 Å². The maximum absolute atomic E-state index is 13.3. The van der Waals surface area contributed by atoms with Gasteiger partial charge in [0.05, 0.1) is 24.0 Å². The number of aliphatic hydroxyl groups is 2. The summed E-state index contributed by atoms with van der Waals surface area (Å²) in [6.07, 6.45) is 3.76. The molecule has 7 atom stereocenters. The molecule has 0 amide bonds. The third-order valence-electron chi connectivity index (χ3n) is 7.61. The van der Waals surface area contributed by atoms with Crippen LogP contribution in [0.4, 0.5) is 0 Å². The Morgan fingerprint density at radius 3 is 2.51 bits per heavy atom. The Morgan fingerprint density at radius 1 is 1.20 bits per heavy atom. The minimum absolute atomic E-state index is 0.121. The summed E-state index contributed by atoms with van der Waals surface area (Å²) in [5.41, 5.74) is 1.37. The van der Waals surface area contributed by atoms with Crippen LogP contribution < -0.4 is 5.32 Å². The zero-order valence-electron chi connectivity index (χ0n) is 21.9. The van der Waals surface area contributed by atoms with Crippen molar-refractivity contribution in [1.29, 1.82) is 0 Å². The summed E-state index contributed by atoms with van der Waals surface area (Å²) < 4.78 is 11.1. The van der Waals surface area contributed by atoms with Crippen LogP contribution in [-0.2, 0) is 14.3 Å². The normalized spacial score (nSPS) is 35.2. The summed E-state index contributed by atoms with van der Waals surface area (Å²) in [6, 6.07) is 0.343. The first-order chi connectivity index (χ1) is 16.3. The van der Waals surface area contributed by atoms with Crippen LogP contribution in [0.2, 0.25) is 0 Å². The summed E-state index contributed by atoms with van der Waals surface area (Å²) >= 11 is 0. The number of hydrogen-bond acceptors (Lipinski definition) is 8. The molecule has 1 aromatic heterocycles. The molecule has 3 rings (SSSR count). The minimum atomic E-state index is -1.24. The van der Waals surface area contributed by atoms with E-state index in [0.29, 0.717) is 18.0 Å². The number of carbonyl (C=O) groups is 2. The second-order valence-electron chi connectivity index (χ2n) is 10.9. The van der Waals surface area contributed by atoms with Gasteiger partial charge in [-0.2, -0.15) is 0 Å². The predicted octanol–water partition coefficient (Wildman–Crippen LogP) is 3.36. The van der Waals surface area contributed by atoms with E-state index >= 15 is 0 Å². The fourth-order valence-corrected chi connectivity index (χ4v) is 4.93. The molecule has 0 radical (unpaired) electrons. The molecule has 3 heterocycles. The van der Waals surface area contributed by atoms with E-state index < -0.39 is 35.6 Å². The quantitative estimate of drug-likeness (QED) is 0.328. The number of nitrogens with zero attached hydrogens (tertiary/aromatic N) is 1. The monoisotopic (exact) mass is 488 g/mol. The lowest BCUT2D eigenvalue weighted by Crippen LogP contribution is -2.46. The molecule has 0 spiro atoms. The van der Waals surface area contributed by atoms with Gasteiger partial charge >= 0.3 is 5.97 Å². The summed E-state index contributed by atoms with van der Waals surface area (Å²) in [6.45, 7) is 12.5. The molecule has 1 saturated heterocycles. The van der Waals surface area contributed by atoms with E-state index in [2.05, 4.69) is 16.4 Å². The van der Waals surface area contributed by atoms with E-state index in [9.17, 15) is 19.8 Å². The number of nitrogens with one attached hydrogen (secondary N) is 1. The number of fused-ring (bicyclic) bond motifs is 1. The standard InChI is InChI=1S/C27H40N2O6/c1-14-8-9-21(15(2)11-19-13-34-18(5)28-19)35-23(31)12-22(30)27(6,7)26(33)17(4)25(32)16(3)24-20(10-14)29-24/h8,11,13,16-17,20-22,24-25,29-30,32H,9-10,12H2,1-7H3/t16-,17+,20?,21-,22-,24?,25-/m0/s1. The second kappa shape index (κ2) is 10.8. The van der Waals surface area contributed by atoms with Crippen molar-refractivity contribution in [3.05, 3.63) is 35.1 Å². The molecule has 1 aromatic rings. The number of rotatable bonds is 2. The lowest BCUT2D eigenvalue weighted by Gasteiger charge is -2.34. The zero-order chi connectivity index (χ0) is 26.1. The molecule has 194 valence electrons. The summed E-state index contributed by atoms with van der Waals surface area (Å²) in [5.74, 6) is -1.11. The van der Waals surface area contributed by atoms with Crippen LogP contribution in [0.3, 0.4) is 0 Å². The number of carbonyl (C=O) groups excluding carboxylic acids is 2. The van der Waals surface area contributed by atoms with Gasteiger partial charge in [0.2, 0.25) is 0 Å². The van der Waals surface area contributed by atoms with E-state index in [1.807, 2.05) is 26.8 Å². The van der Waals surface area contributed by atoms with Crippen molar-refractivity contribution in [2.45, 2.75) is 98.1 Å². The van der Waals surface area contributed by atoms with Gasteiger partial charge in [0.15, 0.2) is 5.89 Å². The molecule has 0 aromatic carbocycles. The van der Waals surface area contributed by atoms with Crippen molar-refractivity contribution in [3.63, 3.8) is 0 Å². The first-order valence-electron chi connectivity index (χ1n) is 12.4. The maximum atomic E-state index is 13.3. The third kappa shape index (κ3) is 6.48. The molecule has 2 aliphatic rings. The fraction of sp³-hybridized carbons (Fsp3) is 0.667. The van der Waals surface area contributed by atoms with Crippen LogP contribution in [0, 0.1) is 24.2 Å². The Bertz CT molecular complexity index is 994. The third-order valence-corrected chi connectivity index (χ3v) is 7.61. The topological polar surface area (TPSA) is 132 Å². The maximum Gasteiger partial charge on any atom is 0.309 e.